The van der Waals surface area contributed by atoms with E-state index in [1.165, 1.54) is 44.2 Å². The normalized spacial score (nSPS) is 25.2. The Morgan fingerprint density at radius 1 is 1.11 bits per heavy atom. The van der Waals surface area contributed by atoms with Gasteiger partial charge in [0.2, 0.25) is 0 Å². The van der Waals surface area contributed by atoms with Crippen molar-refractivity contribution in [3.05, 3.63) is 35.9 Å². The monoisotopic (exact) mass is 259 g/mol. The predicted octanol–water partition coefficient (Wildman–Crippen LogP) is 4.60. The molecule has 0 aromatic heterocycles. The molecular formula is C18H29N. The highest BCUT2D eigenvalue weighted by atomic mass is 14.9. The molecule has 0 heterocycles. The van der Waals surface area contributed by atoms with Crippen LogP contribution in [-0.2, 0) is 0 Å². The van der Waals surface area contributed by atoms with Gasteiger partial charge in [-0.2, -0.15) is 0 Å². The van der Waals surface area contributed by atoms with Crippen LogP contribution < -0.4 is 5.32 Å². The second kappa shape index (κ2) is 7.69. The summed E-state index contributed by atoms with van der Waals surface area (Å²) in [6.07, 6.45) is 6.98. The smallest absolute Gasteiger partial charge is 0.00205 e. The van der Waals surface area contributed by atoms with Gasteiger partial charge in [0.1, 0.15) is 0 Å². The zero-order valence-corrected chi connectivity index (χ0v) is 12.6. The molecule has 1 aliphatic rings. The molecule has 1 aromatic carbocycles. The lowest BCUT2D eigenvalue weighted by Crippen LogP contribution is -2.27. The molecule has 0 amide bonds. The molecule has 2 rings (SSSR count). The van der Waals surface area contributed by atoms with Crippen molar-refractivity contribution in [2.24, 2.45) is 11.8 Å². The summed E-state index contributed by atoms with van der Waals surface area (Å²) in [6.45, 7) is 7.11. The summed E-state index contributed by atoms with van der Waals surface area (Å²) < 4.78 is 0. The standard InChI is InChI=1S/C18H29N/c1-15-8-10-17(11-9-15)14-19-13-12-16(2)18-6-4-3-5-7-18/h3-7,15-17,19H,8-14H2,1-2H3. The van der Waals surface area contributed by atoms with Gasteiger partial charge < -0.3 is 5.32 Å². The van der Waals surface area contributed by atoms with Crippen molar-refractivity contribution in [2.75, 3.05) is 13.1 Å². The van der Waals surface area contributed by atoms with Crippen LogP contribution in [0.5, 0.6) is 0 Å². The highest BCUT2D eigenvalue weighted by Gasteiger charge is 2.17. The predicted molar refractivity (Wildman–Crippen MR) is 83.5 cm³/mol. The van der Waals surface area contributed by atoms with Crippen molar-refractivity contribution in [1.82, 2.24) is 5.32 Å². The molecule has 1 aromatic rings. The maximum atomic E-state index is 3.67. The van der Waals surface area contributed by atoms with Gasteiger partial charge >= 0.3 is 0 Å². The van der Waals surface area contributed by atoms with Gasteiger partial charge in [-0.1, -0.05) is 57.0 Å². The third-order valence-corrected chi connectivity index (χ3v) is 4.69. The Morgan fingerprint density at radius 2 is 1.79 bits per heavy atom. The van der Waals surface area contributed by atoms with Crippen molar-refractivity contribution < 1.29 is 0 Å². The Bertz CT molecular complexity index is 338. The van der Waals surface area contributed by atoms with E-state index in [0.29, 0.717) is 5.92 Å². The van der Waals surface area contributed by atoms with Gasteiger partial charge in [0.15, 0.2) is 0 Å². The van der Waals surface area contributed by atoms with E-state index in [2.05, 4.69) is 49.5 Å². The highest BCUT2D eigenvalue weighted by Crippen LogP contribution is 2.27. The summed E-state index contributed by atoms with van der Waals surface area (Å²) in [5, 5.41) is 3.67. The Hall–Kier alpha value is -0.820. The number of benzene rings is 1. The van der Waals surface area contributed by atoms with Gasteiger partial charge in [-0.15, -0.1) is 0 Å². The summed E-state index contributed by atoms with van der Waals surface area (Å²) in [7, 11) is 0. The third kappa shape index (κ3) is 4.99. The second-order valence-corrected chi connectivity index (χ2v) is 6.43. The molecule has 0 radical (unpaired) electrons. The molecule has 1 saturated carbocycles. The number of rotatable bonds is 6. The third-order valence-electron chi connectivity index (χ3n) is 4.69. The molecule has 0 spiro atoms. The van der Waals surface area contributed by atoms with Crippen molar-refractivity contribution in [3.8, 4) is 0 Å². The highest BCUT2D eigenvalue weighted by molar-refractivity contribution is 5.18. The van der Waals surface area contributed by atoms with Gasteiger partial charge in [0.05, 0.1) is 0 Å². The van der Waals surface area contributed by atoms with E-state index in [1.54, 1.807) is 0 Å². The van der Waals surface area contributed by atoms with Crippen LogP contribution >= 0.6 is 0 Å². The molecule has 1 heteroatoms. The molecule has 1 nitrogen and oxygen atoms in total. The van der Waals surface area contributed by atoms with Crippen LogP contribution in [0.2, 0.25) is 0 Å². The largest absolute Gasteiger partial charge is 0.316 e. The first-order valence-corrected chi connectivity index (χ1v) is 8.01. The first-order valence-electron chi connectivity index (χ1n) is 8.01. The Labute approximate surface area is 118 Å². The van der Waals surface area contributed by atoms with Gasteiger partial charge in [0, 0.05) is 0 Å². The van der Waals surface area contributed by atoms with Crippen LogP contribution in [-0.4, -0.2) is 13.1 Å². The van der Waals surface area contributed by atoms with Crippen LogP contribution in [0.15, 0.2) is 30.3 Å². The molecule has 1 unspecified atom stereocenters. The molecule has 0 aliphatic heterocycles. The SMILES string of the molecule is CC1CCC(CNCCC(C)c2ccccc2)CC1. The van der Waals surface area contributed by atoms with Crippen molar-refractivity contribution in [2.45, 2.75) is 51.9 Å². The van der Waals surface area contributed by atoms with Gasteiger partial charge in [-0.25, -0.2) is 0 Å². The fraction of sp³-hybridized carbons (Fsp3) is 0.667. The van der Waals surface area contributed by atoms with E-state index in [-0.39, 0.29) is 0 Å². The summed E-state index contributed by atoms with van der Waals surface area (Å²) in [5.74, 6) is 2.57. The van der Waals surface area contributed by atoms with E-state index in [1.807, 2.05) is 0 Å². The minimum atomic E-state index is 0.667. The van der Waals surface area contributed by atoms with Crippen LogP contribution in [0.1, 0.15) is 57.4 Å². The summed E-state index contributed by atoms with van der Waals surface area (Å²) in [4.78, 5) is 0. The maximum absolute atomic E-state index is 3.67. The van der Waals surface area contributed by atoms with Crippen LogP contribution in [0.25, 0.3) is 0 Å². The molecule has 19 heavy (non-hydrogen) atoms. The Kier molecular flexibility index (Phi) is 5.91. The summed E-state index contributed by atoms with van der Waals surface area (Å²) >= 11 is 0. The molecule has 106 valence electrons. The number of hydrogen-bond acceptors (Lipinski definition) is 1. The minimum Gasteiger partial charge on any atom is -0.316 e. The van der Waals surface area contributed by atoms with E-state index < -0.39 is 0 Å². The number of hydrogen-bond donors (Lipinski definition) is 1. The minimum absolute atomic E-state index is 0.667. The average Bonchev–Trinajstić information content (AvgIpc) is 2.46. The molecular weight excluding hydrogens is 230 g/mol. The van der Waals surface area contributed by atoms with Gasteiger partial charge in [-0.05, 0) is 55.7 Å². The Morgan fingerprint density at radius 3 is 2.47 bits per heavy atom. The summed E-state index contributed by atoms with van der Waals surface area (Å²) in [6, 6.07) is 10.9. The molecule has 1 fully saturated rings. The van der Waals surface area contributed by atoms with E-state index in [4.69, 9.17) is 0 Å². The first kappa shape index (κ1) is 14.6. The Balaban J connectivity index is 1.59. The summed E-state index contributed by atoms with van der Waals surface area (Å²) in [5.41, 5.74) is 1.47. The zero-order valence-electron chi connectivity index (χ0n) is 12.6. The number of nitrogens with one attached hydrogen (secondary N) is 1. The first-order chi connectivity index (χ1) is 9.25. The lowest BCUT2D eigenvalue weighted by Gasteiger charge is -2.26. The van der Waals surface area contributed by atoms with Crippen molar-refractivity contribution in [3.63, 3.8) is 0 Å². The maximum Gasteiger partial charge on any atom is -0.00205 e. The lowest BCUT2D eigenvalue weighted by molar-refractivity contribution is 0.281. The van der Waals surface area contributed by atoms with Crippen LogP contribution in [0, 0.1) is 11.8 Å². The second-order valence-electron chi connectivity index (χ2n) is 6.43. The van der Waals surface area contributed by atoms with E-state index in [0.717, 1.165) is 18.4 Å². The average molecular weight is 259 g/mol. The molecule has 0 bridgehead atoms. The van der Waals surface area contributed by atoms with Crippen LogP contribution in [0.4, 0.5) is 0 Å². The molecule has 1 aliphatic carbocycles. The van der Waals surface area contributed by atoms with Crippen LogP contribution in [0.3, 0.4) is 0 Å². The molecule has 1 N–H and O–H groups in total. The van der Waals surface area contributed by atoms with Gasteiger partial charge in [-0.3, -0.25) is 0 Å². The van der Waals surface area contributed by atoms with Gasteiger partial charge in [0.25, 0.3) is 0 Å². The fourth-order valence-electron chi connectivity index (χ4n) is 3.11. The zero-order chi connectivity index (χ0) is 13.5. The quantitative estimate of drug-likeness (QED) is 0.736. The van der Waals surface area contributed by atoms with Crippen molar-refractivity contribution >= 4 is 0 Å². The van der Waals surface area contributed by atoms with E-state index >= 15 is 0 Å². The molecule has 1 atom stereocenters. The lowest BCUT2D eigenvalue weighted by atomic mass is 9.83. The molecule has 0 saturated heterocycles. The van der Waals surface area contributed by atoms with E-state index in [9.17, 15) is 0 Å². The topological polar surface area (TPSA) is 12.0 Å². The fourth-order valence-corrected chi connectivity index (χ4v) is 3.11. The van der Waals surface area contributed by atoms with Crippen molar-refractivity contribution in [1.29, 1.82) is 0 Å².